The van der Waals surface area contributed by atoms with E-state index < -0.39 is 9.73 Å². The molecule has 0 aliphatic carbocycles. The van der Waals surface area contributed by atoms with Gasteiger partial charge in [0.15, 0.2) is 0 Å². The normalized spacial score (nSPS) is 11.1. The number of benzene rings is 4. The number of fused-ring (bicyclic) bond motifs is 2. The smallest absolute Gasteiger partial charge is 0.117 e. The zero-order valence-electron chi connectivity index (χ0n) is 24.7. The van der Waals surface area contributed by atoms with Crippen LogP contribution in [0.4, 0.5) is 28.4 Å². The maximum absolute atomic E-state index is 11.9. The molecule has 4 aromatic carbocycles. The Labute approximate surface area is 265 Å². The number of hydrogen-bond donors (Lipinski definition) is 4. The van der Waals surface area contributed by atoms with E-state index in [0.29, 0.717) is 5.69 Å². The highest BCUT2D eigenvalue weighted by atomic mass is 79.9. The van der Waals surface area contributed by atoms with Crippen LogP contribution >= 0.6 is 15.9 Å². The third kappa shape index (κ3) is 7.64. The Morgan fingerprint density at radius 2 is 1.16 bits per heavy atom. The van der Waals surface area contributed by atoms with Crippen LogP contribution in [0.2, 0.25) is 0 Å². The lowest BCUT2D eigenvalue weighted by molar-refractivity contribution is 0.475. The molecule has 0 amide bonds. The third-order valence-corrected chi connectivity index (χ3v) is 7.88. The highest BCUT2D eigenvalue weighted by Crippen LogP contribution is 2.32. The van der Waals surface area contributed by atoms with Crippen molar-refractivity contribution < 1.29 is 14.4 Å². The van der Waals surface area contributed by atoms with Crippen LogP contribution in [-0.2, 0) is 9.73 Å². The molecular weight excluding hydrogens is 638 g/mol. The Morgan fingerprint density at radius 3 is 1.68 bits per heavy atom. The number of hydrogen-bond acceptors (Lipinski definition) is 8. The van der Waals surface area contributed by atoms with E-state index in [4.69, 9.17) is 0 Å². The summed E-state index contributed by atoms with van der Waals surface area (Å²) < 4.78 is 17.2. The molecule has 44 heavy (non-hydrogen) atoms. The van der Waals surface area contributed by atoms with Crippen molar-refractivity contribution >= 4 is 75.9 Å². The lowest BCUT2D eigenvalue weighted by Gasteiger charge is -2.12. The maximum atomic E-state index is 11.9. The number of anilines is 4. The number of aromatic nitrogens is 2. The van der Waals surface area contributed by atoms with Gasteiger partial charge in [0.1, 0.15) is 11.5 Å². The number of aromatic hydroxyl groups is 2. The summed E-state index contributed by atoms with van der Waals surface area (Å²) in [5, 5.41) is 27.9. The fraction of sp³-hybridized carbons (Fsp3) is 0.118. The summed E-state index contributed by atoms with van der Waals surface area (Å²) in [4.78, 5) is 8.71. The number of phenolic OH excluding ortho intramolecular Hbond substituents is 2. The van der Waals surface area contributed by atoms with E-state index in [2.05, 4.69) is 40.9 Å². The molecule has 224 valence electrons. The van der Waals surface area contributed by atoms with Gasteiger partial charge in [0, 0.05) is 84.8 Å². The number of rotatable bonds is 5. The molecule has 0 bridgehead atoms. The molecular formula is C34H32BrN5O3S. The van der Waals surface area contributed by atoms with Crippen LogP contribution in [0.15, 0.2) is 106 Å². The first kappa shape index (κ1) is 30.8. The highest BCUT2D eigenvalue weighted by molar-refractivity contribution is 9.10. The van der Waals surface area contributed by atoms with E-state index in [0.717, 1.165) is 60.2 Å². The molecule has 0 unspecified atom stereocenters. The van der Waals surface area contributed by atoms with E-state index in [1.165, 1.54) is 0 Å². The monoisotopic (exact) mass is 669 g/mol. The van der Waals surface area contributed by atoms with E-state index >= 15 is 0 Å². The zero-order valence-corrected chi connectivity index (χ0v) is 27.1. The van der Waals surface area contributed by atoms with Crippen molar-refractivity contribution in [1.82, 2.24) is 9.97 Å². The number of nitrogens with zero attached hydrogens (tertiary/aromatic N) is 3. The summed E-state index contributed by atoms with van der Waals surface area (Å²) in [6.45, 7) is 3.97. The van der Waals surface area contributed by atoms with Gasteiger partial charge in [-0.3, -0.25) is 9.97 Å². The topological polar surface area (TPSA) is 120 Å². The molecule has 0 radical (unpaired) electrons. The quantitative estimate of drug-likeness (QED) is 0.144. The van der Waals surface area contributed by atoms with Crippen molar-refractivity contribution in [3.8, 4) is 11.5 Å². The first-order chi connectivity index (χ1) is 20.9. The van der Waals surface area contributed by atoms with E-state index in [1.807, 2.05) is 74.5 Å². The van der Waals surface area contributed by atoms with Gasteiger partial charge in [-0.15, -0.1) is 0 Å². The minimum absolute atomic E-state index is 0.203. The summed E-state index contributed by atoms with van der Waals surface area (Å²) in [5.41, 5.74) is 8.01. The standard InChI is InChI=1S/C18H19N3O2S.C16H13BrN2O/c1-12-4-6-14(22)11-18(12)20-17-8-9-19-16-7-5-13(10-15(16)17)21-24(2,3)23;1-10-2-4-12(20)9-16(10)19-15-6-7-18-14-5-3-11(17)8-13(14)15/h4-11,22H,1-3H3,(H,19,20);2-9,20H,1H3,(H,18,19). The molecule has 4 N–H and O–H groups in total. The highest BCUT2D eigenvalue weighted by Gasteiger charge is 2.08. The largest absolute Gasteiger partial charge is 0.508 e. The Hall–Kier alpha value is -4.67. The van der Waals surface area contributed by atoms with Gasteiger partial charge >= 0.3 is 0 Å². The van der Waals surface area contributed by atoms with Gasteiger partial charge in [-0.1, -0.05) is 28.1 Å². The van der Waals surface area contributed by atoms with Crippen molar-refractivity contribution in [1.29, 1.82) is 0 Å². The van der Waals surface area contributed by atoms with Gasteiger partial charge in [0.05, 0.1) is 16.7 Å². The van der Waals surface area contributed by atoms with Crippen molar-refractivity contribution in [2.75, 3.05) is 23.1 Å². The van der Waals surface area contributed by atoms with Crippen LogP contribution < -0.4 is 10.6 Å². The van der Waals surface area contributed by atoms with Crippen molar-refractivity contribution in [2.45, 2.75) is 13.8 Å². The molecule has 0 saturated carbocycles. The van der Waals surface area contributed by atoms with E-state index in [-0.39, 0.29) is 11.5 Å². The minimum Gasteiger partial charge on any atom is -0.508 e. The molecule has 10 heteroatoms. The Bertz CT molecular complexity index is 2120. The molecule has 2 aromatic heterocycles. The van der Waals surface area contributed by atoms with E-state index in [9.17, 15) is 14.4 Å². The first-order valence-electron chi connectivity index (χ1n) is 13.7. The average Bonchev–Trinajstić information content (AvgIpc) is 2.97. The number of aryl methyl sites for hydroxylation is 2. The Morgan fingerprint density at radius 1 is 0.659 bits per heavy atom. The number of phenols is 2. The van der Waals surface area contributed by atoms with Gasteiger partial charge in [0.2, 0.25) is 0 Å². The van der Waals surface area contributed by atoms with Crippen LogP contribution in [0.3, 0.4) is 0 Å². The predicted molar refractivity (Wildman–Crippen MR) is 186 cm³/mol. The number of nitrogens with one attached hydrogen (secondary N) is 2. The molecule has 0 fully saturated rings. The number of halogens is 1. The SMILES string of the molecule is Cc1ccc(O)cc1Nc1ccnc2ccc(Br)cc12.Cc1ccc(O)cc1Nc1ccnc2ccc(N=S(C)(C)=O)cc12. The van der Waals surface area contributed by atoms with Gasteiger partial charge in [-0.25, -0.2) is 4.21 Å². The zero-order chi connectivity index (χ0) is 31.4. The van der Waals surface area contributed by atoms with E-state index in [1.54, 1.807) is 49.2 Å². The second kappa shape index (κ2) is 12.9. The van der Waals surface area contributed by atoms with Crippen molar-refractivity contribution in [3.05, 3.63) is 113 Å². The van der Waals surface area contributed by atoms with Crippen LogP contribution in [-0.4, -0.2) is 36.9 Å². The summed E-state index contributed by atoms with van der Waals surface area (Å²) in [6.07, 6.45) is 6.71. The average molecular weight is 671 g/mol. The molecule has 6 aromatic rings. The molecule has 0 spiro atoms. The fourth-order valence-corrected chi connectivity index (χ4v) is 5.54. The van der Waals surface area contributed by atoms with Gasteiger partial charge in [0.25, 0.3) is 0 Å². The molecule has 0 aliphatic heterocycles. The third-order valence-electron chi connectivity index (χ3n) is 6.73. The van der Waals surface area contributed by atoms with Gasteiger partial charge in [-0.05, 0) is 85.6 Å². The first-order valence-corrected chi connectivity index (χ1v) is 16.8. The molecule has 0 saturated heterocycles. The van der Waals surface area contributed by atoms with Crippen LogP contribution in [0.5, 0.6) is 11.5 Å². The van der Waals surface area contributed by atoms with Crippen molar-refractivity contribution in [2.24, 2.45) is 4.36 Å². The van der Waals surface area contributed by atoms with Gasteiger partial charge in [-0.2, -0.15) is 4.36 Å². The van der Waals surface area contributed by atoms with Crippen molar-refractivity contribution in [3.63, 3.8) is 0 Å². The summed E-state index contributed by atoms with van der Waals surface area (Å²) in [7, 11) is -2.23. The summed E-state index contributed by atoms with van der Waals surface area (Å²) in [6, 6.07) is 25.8. The number of pyridine rings is 2. The molecule has 0 aliphatic rings. The van der Waals surface area contributed by atoms with Crippen LogP contribution in [0.1, 0.15) is 11.1 Å². The fourth-order valence-electron chi connectivity index (χ4n) is 4.56. The molecule has 2 heterocycles. The Balaban J connectivity index is 0.000000177. The molecule has 6 rings (SSSR count). The second-order valence-electron chi connectivity index (χ2n) is 10.6. The van der Waals surface area contributed by atoms with Gasteiger partial charge < -0.3 is 20.8 Å². The molecule has 0 atom stereocenters. The summed E-state index contributed by atoms with van der Waals surface area (Å²) >= 11 is 3.48. The maximum Gasteiger partial charge on any atom is 0.117 e. The minimum atomic E-state index is -2.23. The lowest BCUT2D eigenvalue weighted by Crippen LogP contribution is -1.95. The lowest BCUT2D eigenvalue weighted by atomic mass is 10.1. The molecule has 8 nitrogen and oxygen atoms in total. The van der Waals surface area contributed by atoms with Crippen LogP contribution in [0.25, 0.3) is 21.8 Å². The Kier molecular flexibility index (Phi) is 9.03. The second-order valence-corrected chi connectivity index (χ2v) is 14.1. The van der Waals surface area contributed by atoms with Crippen LogP contribution in [0, 0.1) is 13.8 Å². The predicted octanol–water partition coefficient (Wildman–Crippen LogP) is 9.11. The summed E-state index contributed by atoms with van der Waals surface area (Å²) in [5.74, 6) is 0.450.